The summed E-state index contributed by atoms with van der Waals surface area (Å²) in [6, 6.07) is 8.81. The van der Waals surface area contributed by atoms with Gasteiger partial charge in [-0.1, -0.05) is 24.6 Å². The number of hydrogen-bond acceptors (Lipinski definition) is 5. The zero-order valence-corrected chi connectivity index (χ0v) is 19.3. The first-order chi connectivity index (χ1) is 15.6. The van der Waals surface area contributed by atoms with E-state index in [9.17, 15) is 0 Å². The summed E-state index contributed by atoms with van der Waals surface area (Å²) in [5.74, 6) is 3.53. The molecule has 5 rings (SSSR count). The Hall–Kier alpha value is -2.61. The van der Waals surface area contributed by atoms with E-state index in [1.807, 2.05) is 30.7 Å². The summed E-state index contributed by atoms with van der Waals surface area (Å²) in [6.45, 7) is 6.01. The minimum Gasteiger partial charge on any atom is -0.493 e. The predicted molar refractivity (Wildman–Crippen MR) is 123 cm³/mol. The Morgan fingerprint density at radius 2 is 2.12 bits per heavy atom. The minimum absolute atomic E-state index is 0.160. The lowest BCUT2D eigenvalue weighted by Crippen LogP contribution is -2.68. The molecule has 0 saturated heterocycles. The van der Waals surface area contributed by atoms with Crippen molar-refractivity contribution in [3.63, 3.8) is 0 Å². The van der Waals surface area contributed by atoms with Crippen molar-refractivity contribution in [2.45, 2.75) is 70.7 Å². The number of aliphatic imine (C=N–C) groups is 1. The molecule has 1 aliphatic heterocycles. The van der Waals surface area contributed by atoms with E-state index in [1.54, 1.807) is 0 Å². The van der Waals surface area contributed by atoms with E-state index in [-0.39, 0.29) is 11.5 Å². The molecule has 2 aromatic rings. The van der Waals surface area contributed by atoms with Gasteiger partial charge in [-0.3, -0.25) is 0 Å². The molecular formula is C24H34N6O2. The van der Waals surface area contributed by atoms with Gasteiger partial charge in [-0.05, 0) is 39.2 Å². The molecule has 1 aromatic carbocycles. The van der Waals surface area contributed by atoms with Crippen molar-refractivity contribution in [3.05, 3.63) is 41.5 Å². The summed E-state index contributed by atoms with van der Waals surface area (Å²) in [5, 5.41) is 15.9. The number of fused-ring (bicyclic) bond motifs is 1. The van der Waals surface area contributed by atoms with Gasteiger partial charge in [0.25, 0.3) is 0 Å². The lowest BCUT2D eigenvalue weighted by Gasteiger charge is -2.61. The molecule has 172 valence electrons. The van der Waals surface area contributed by atoms with Gasteiger partial charge >= 0.3 is 0 Å². The van der Waals surface area contributed by atoms with Gasteiger partial charge in [0.15, 0.2) is 11.8 Å². The van der Waals surface area contributed by atoms with Crippen molar-refractivity contribution in [1.82, 2.24) is 25.4 Å². The standard InChI is InChI=1S/C24H34N6O2/c1-4-31-21-14-20(24(21)11-7-12-24)27-23(25-15-22-29-28-16(2)30(22)3)26-18-10-13-32-19-9-6-5-8-17(18)19/h5-6,8-9,18,20-21H,4,7,10-15H2,1-3H3,(H2,25,26,27). The van der Waals surface area contributed by atoms with Gasteiger partial charge < -0.3 is 24.7 Å². The highest BCUT2D eigenvalue weighted by Gasteiger charge is 2.59. The van der Waals surface area contributed by atoms with Gasteiger partial charge in [0.05, 0.1) is 18.8 Å². The summed E-state index contributed by atoms with van der Waals surface area (Å²) in [5.41, 5.74) is 1.44. The number of nitrogens with one attached hydrogen (secondary N) is 2. The molecule has 32 heavy (non-hydrogen) atoms. The number of aryl methyl sites for hydroxylation is 1. The number of rotatable bonds is 6. The molecule has 0 amide bonds. The van der Waals surface area contributed by atoms with Crippen LogP contribution in [0.1, 0.15) is 62.3 Å². The van der Waals surface area contributed by atoms with Gasteiger partial charge in [0, 0.05) is 37.1 Å². The summed E-state index contributed by atoms with van der Waals surface area (Å²) >= 11 is 0. The Balaban J connectivity index is 1.36. The zero-order valence-electron chi connectivity index (χ0n) is 19.3. The number of nitrogens with zero attached hydrogens (tertiary/aromatic N) is 4. The molecule has 3 aliphatic rings. The van der Waals surface area contributed by atoms with E-state index in [4.69, 9.17) is 14.5 Å². The molecule has 2 fully saturated rings. The quantitative estimate of drug-likeness (QED) is 0.533. The van der Waals surface area contributed by atoms with Crippen LogP contribution in [0.5, 0.6) is 5.75 Å². The highest BCUT2D eigenvalue weighted by atomic mass is 16.5. The second-order valence-electron chi connectivity index (χ2n) is 9.22. The first-order valence-corrected chi connectivity index (χ1v) is 11.9. The topological polar surface area (TPSA) is 85.6 Å². The molecule has 8 nitrogen and oxygen atoms in total. The van der Waals surface area contributed by atoms with E-state index in [0.29, 0.717) is 25.3 Å². The Morgan fingerprint density at radius 3 is 2.84 bits per heavy atom. The lowest BCUT2D eigenvalue weighted by atomic mass is 9.51. The number of hydrogen-bond donors (Lipinski definition) is 2. The Labute approximate surface area is 189 Å². The van der Waals surface area contributed by atoms with Gasteiger partial charge in [-0.25, -0.2) is 4.99 Å². The average molecular weight is 439 g/mol. The maximum Gasteiger partial charge on any atom is 0.192 e. The molecule has 2 heterocycles. The number of para-hydroxylation sites is 1. The van der Waals surface area contributed by atoms with Crippen molar-refractivity contribution < 1.29 is 9.47 Å². The molecule has 0 radical (unpaired) electrons. The fraction of sp³-hybridized carbons (Fsp3) is 0.625. The zero-order chi connectivity index (χ0) is 22.1. The number of guanidine groups is 1. The summed E-state index contributed by atoms with van der Waals surface area (Å²) < 4.78 is 13.9. The van der Waals surface area contributed by atoms with E-state index in [0.717, 1.165) is 42.8 Å². The Kier molecular flexibility index (Phi) is 5.80. The van der Waals surface area contributed by atoms with Crippen LogP contribution in [0.25, 0.3) is 0 Å². The van der Waals surface area contributed by atoms with Crippen molar-refractivity contribution >= 4 is 5.96 Å². The number of ether oxygens (including phenoxy) is 2. The molecular weight excluding hydrogens is 404 g/mol. The maximum absolute atomic E-state index is 6.05. The van der Waals surface area contributed by atoms with Crippen molar-refractivity contribution in [2.24, 2.45) is 17.5 Å². The smallest absolute Gasteiger partial charge is 0.192 e. The van der Waals surface area contributed by atoms with E-state index in [1.165, 1.54) is 24.8 Å². The second-order valence-corrected chi connectivity index (χ2v) is 9.22. The molecule has 2 saturated carbocycles. The van der Waals surface area contributed by atoms with Gasteiger partial charge in [-0.15, -0.1) is 10.2 Å². The average Bonchev–Trinajstić information content (AvgIpc) is 3.07. The molecule has 0 bridgehead atoms. The van der Waals surface area contributed by atoms with Crippen LogP contribution in [0.4, 0.5) is 0 Å². The molecule has 8 heteroatoms. The van der Waals surface area contributed by atoms with Gasteiger partial charge in [0.2, 0.25) is 0 Å². The van der Waals surface area contributed by atoms with Crippen LogP contribution in [-0.2, 0) is 18.3 Å². The highest BCUT2D eigenvalue weighted by Crippen LogP contribution is 2.57. The first kappa shape index (κ1) is 21.2. The fourth-order valence-electron chi connectivity index (χ4n) is 5.33. The van der Waals surface area contributed by atoms with Crippen LogP contribution in [0.15, 0.2) is 29.3 Å². The first-order valence-electron chi connectivity index (χ1n) is 11.9. The van der Waals surface area contributed by atoms with Crippen LogP contribution >= 0.6 is 0 Å². The lowest BCUT2D eigenvalue weighted by molar-refractivity contribution is -0.168. The summed E-state index contributed by atoms with van der Waals surface area (Å²) in [7, 11) is 1.98. The number of aromatic nitrogens is 3. The SMILES string of the molecule is CCOC1CC(NC(=NCc2nnc(C)n2C)NC2CCOc3ccccc32)C12CCC2. The third-order valence-corrected chi connectivity index (χ3v) is 7.58. The van der Waals surface area contributed by atoms with E-state index >= 15 is 0 Å². The second kappa shape index (κ2) is 8.73. The minimum atomic E-state index is 0.160. The number of benzene rings is 1. The van der Waals surface area contributed by atoms with E-state index in [2.05, 4.69) is 39.9 Å². The molecule has 2 aliphatic carbocycles. The van der Waals surface area contributed by atoms with Crippen LogP contribution in [-0.4, -0.2) is 46.1 Å². The van der Waals surface area contributed by atoms with Crippen molar-refractivity contribution in [2.75, 3.05) is 13.2 Å². The fourth-order valence-corrected chi connectivity index (χ4v) is 5.33. The highest BCUT2D eigenvalue weighted by molar-refractivity contribution is 5.81. The van der Waals surface area contributed by atoms with Gasteiger partial charge in [0.1, 0.15) is 18.1 Å². The maximum atomic E-state index is 6.05. The normalized spacial score (nSPS) is 26.0. The monoisotopic (exact) mass is 438 g/mol. The third-order valence-electron chi connectivity index (χ3n) is 7.58. The molecule has 2 N–H and O–H groups in total. The van der Waals surface area contributed by atoms with Crippen LogP contribution < -0.4 is 15.4 Å². The third kappa shape index (κ3) is 3.74. The Bertz CT molecular complexity index is 983. The molecule has 1 spiro atoms. The van der Waals surface area contributed by atoms with Crippen molar-refractivity contribution in [1.29, 1.82) is 0 Å². The van der Waals surface area contributed by atoms with E-state index < -0.39 is 0 Å². The molecule has 3 atom stereocenters. The van der Waals surface area contributed by atoms with Crippen LogP contribution in [0, 0.1) is 12.3 Å². The van der Waals surface area contributed by atoms with Gasteiger partial charge in [-0.2, -0.15) is 0 Å². The molecule has 1 aromatic heterocycles. The summed E-state index contributed by atoms with van der Waals surface area (Å²) in [6.07, 6.45) is 6.04. The predicted octanol–water partition coefficient (Wildman–Crippen LogP) is 3.03. The Morgan fingerprint density at radius 1 is 1.28 bits per heavy atom. The van der Waals surface area contributed by atoms with Crippen molar-refractivity contribution in [3.8, 4) is 5.75 Å². The van der Waals surface area contributed by atoms with Crippen LogP contribution in [0.2, 0.25) is 0 Å². The molecule has 3 unspecified atom stereocenters. The van der Waals surface area contributed by atoms with Crippen LogP contribution in [0.3, 0.4) is 0 Å². The summed E-state index contributed by atoms with van der Waals surface area (Å²) in [4.78, 5) is 4.94. The largest absolute Gasteiger partial charge is 0.493 e.